The Hall–Kier alpha value is -1.79. The topological polar surface area (TPSA) is 60.0 Å². The number of rotatable bonds is 9. The lowest BCUT2D eigenvalue weighted by Gasteiger charge is -2.30. The molecule has 0 spiro atoms. The standard InChI is InChI=1S/C19H30N2O4/c1-4-9-21(19(22)18-13-20-8-11-25-18)14-15-6-7-16(24-10-5-2)17(12-15)23-3/h6-7,12,18,20H,4-5,8-11,13-14H2,1-3H3. The molecular weight excluding hydrogens is 320 g/mol. The smallest absolute Gasteiger partial charge is 0.253 e. The Kier molecular flexibility index (Phi) is 8.01. The molecule has 0 aromatic heterocycles. The lowest BCUT2D eigenvalue weighted by molar-refractivity contribution is -0.145. The van der Waals surface area contributed by atoms with Crippen molar-refractivity contribution in [1.82, 2.24) is 10.2 Å². The van der Waals surface area contributed by atoms with Gasteiger partial charge in [-0.3, -0.25) is 4.79 Å². The Bertz CT molecular complexity index is 544. The molecule has 1 aromatic rings. The maximum absolute atomic E-state index is 12.8. The van der Waals surface area contributed by atoms with Crippen molar-refractivity contribution >= 4 is 5.91 Å². The molecule has 0 saturated carbocycles. The SMILES string of the molecule is CCCOc1ccc(CN(CCC)C(=O)C2CNCCO2)cc1OC. The number of ether oxygens (including phenoxy) is 3. The summed E-state index contributed by atoms with van der Waals surface area (Å²) in [5, 5.41) is 3.21. The number of nitrogens with one attached hydrogen (secondary N) is 1. The fourth-order valence-electron chi connectivity index (χ4n) is 2.83. The zero-order valence-corrected chi connectivity index (χ0v) is 15.5. The Morgan fingerprint density at radius 1 is 1.32 bits per heavy atom. The van der Waals surface area contributed by atoms with Gasteiger partial charge in [-0.05, 0) is 30.5 Å². The first-order chi connectivity index (χ1) is 12.2. The average Bonchev–Trinajstić information content (AvgIpc) is 2.66. The third kappa shape index (κ3) is 5.61. The van der Waals surface area contributed by atoms with Gasteiger partial charge in [0.2, 0.25) is 0 Å². The van der Waals surface area contributed by atoms with Crippen LogP contribution in [0, 0.1) is 0 Å². The minimum absolute atomic E-state index is 0.0410. The predicted octanol–water partition coefficient (Wildman–Crippen LogP) is 2.21. The van der Waals surface area contributed by atoms with Crippen LogP contribution in [0.1, 0.15) is 32.3 Å². The van der Waals surface area contributed by atoms with E-state index in [2.05, 4.69) is 19.2 Å². The van der Waals surface area contributed by atoms with Gasteiger partial charge in [-0.2, -0.15) is 0 Å². The molecule has 1 amide bonds. The molecule has 6 heteroatoms. The highest BCUT2D eigenvalue weighted by Crippen LogP contribution is 2.29. The van der Waals surface area contributed by atoms with E-state index in [1.165, 1.54) is 0 Å². The van der Waals surface area contributed by atoms with Crippen molar-refractivity contribution in [2.75, 3.05) is 40.0 Å². The van der Waals surface area contributed by atoms with Crippen molar-refractivity contribution in [1.29, 1.82) is 0 Å². The van der Waals surface area contributed by atoms with E-state index in [1.54, 1.807) is 7.11 Å². The molecular formula is C19H30N2O4. The number of nitrogens with zero attached hydrogens (tertiary/aromatic N) is 1. The van der Waals surface area contributed by atoms with Crippen molar-refractivity contribution in [3.8, 4) is 11.5 Å². The number of carbonyl (C=O) groups excluding carboxylic acids is 1. The number of carbonyl (C=O) groups is 1. The van der Waals surface area contributed by atoms with Crippen LogP contribution in [-0.2, 0) is 16.1 Å². The maximum atomic E-state index is 12.8. The number of benzene rings is 1. The molecule has 140 valence electrons. The van der Waals surface area contributed by atoms with E-state index >= 15 is 0 Å². The van der Waals surface area contributed by atoms with Crippen LogP contribution in [0.15, 0.2) is 18.2 Å². The molecule has 0 radical (unpaired) electrons. The van der Waals surface area contributed by atoms with Gasteiger partial charge in [-0.1, -0.05) is 19.9 Å². The summed E-state index contributed by atoms with van der Waals surface area (Å²) in [4.78, 5) is 14.6. The van der Waals surface area contributed by atoms with Crippen LogP contribution in [0.5, 0.6) is 11.5 Å². The fourth-order valence-corrected chi connectivity index (χ4v) is 2.83. The molecule has 0 aliphatic carbocycles. The number of morpholine rings is 1. The highest BCUT2D eigenvalue weighted by Gasteiger charge is 2.26. The number of hydrogen-bond acceptors (Lipinski definition) is 5. The fraction of sp³-hybridized carbons (Fsp3) is 0.632. The minimum atomic E-state index is -0.394. The minimum Gasteiger partial charge on any atom is -0.493 e. The molecule has 1 aliphatic rings. The highest BCUT2D eigenvalue weighted by atomic mass is 16.5. The van der Waals surface area contributed by atoms with E-state index in [9.17, 15) is 4.79 Å². The molecule has 1 saturated heterocycles. The van der Waals surface area contributed by atoms with Gasteiger partial charge in [0.05, 0.1) is 20.3 Å². The molecule has 0 bridgehead atoms. The first-order valence-corrected chi connectivity index (χ1v) is 9.10. The zero-order valence-electron chi connectivity index (χ0n) is 15.5. The first-order valence-electron chi connectivity index (χ1n) is 9.10. The van der Waals surface area contributed by atoms with Gasteiger partial charge in [0.25, 0.3) is 5.91 Å². The van der Waals surface area contributed by atoms with E-state index in [0.29, 0.717) is 38.6 Å². The summed E-state index contributed by atoms with van der Waals surface area (Å²) in [6, 6.07) is 5.85. The summed E-state index contributed by atoms with van der Waals surface area (Å²) in [5.74, 6) is 1.48. The summed E-state index contributed by atoms with van der Waals surface area (Å²) in [6.07, 6.45) is 1.45. The van der Waals surface area contributed by atoms with E-state index in [-0.39, 0.29) is 5.91 Å². The predicted molar refractivity (Wildman–Crippen MR) is 97.1 cm³/mol. The molecule has 2 rings (SSSR count). The summed E-state index contributed by atoms with van der Waals surface area (Å²) >= 11 is 0. The number of amides is 1. The third-order valence-electron chi connectivity index (χ3n) is 4.07. The quantitative estimate of drug-likeness (QED) is 0.740. The van der Waals surface area contributed by atoms with Crippen LogP contribution in [0.4, 0.5) is 0 Å². The summed E-state index contributed by atoms with van der Waals surface area (Å²) in [5.41, 5.74) is 1.02. The number of hydrogen-bond donors (Lipinski definition) is 1. The van der Waals surface area contributed by atoms with E-state index < -0.39 is 6.10 Å². The van der Waals surface area contributed by atoms with Gasteiger partial charge in [-0.25, -0.2) is 0 Å². The van der Waals surface area contributed by atoms with Crippen LogP contribution in [0.25, 0.3) is 0 Å². The Morgan fingerprint density at radius 2 is 2.16 bits per heavy atom. The molecule has 1 heterocycles. The van der Waals surface area contributed by atoms with E-state index in [0.717, 1.165) is 30.7 Å². The zero-order chi connectivity index (χ0) is 18.1. The second kappa shape index (κ2) is 10.3. The molecule has 1 atom stereocenters. The lowest BCUT2D eigenvalue weighted by Crippen LogP contribution is -2.49. The van der Waals surface area contributed by atoms with Crippen molar-refractivity contribution in [3.63, 3.8) is 0 Å². The summed E-state index contributed by atoms with van der Waals surface area (Å²) < 4.78 is 16.7. The van der Waals surface area contributed by atoms with Crippen molar-refractivity contribution in [3.05, 3.63) is 23.8 Å². The van der Waals surface area contributed by atoms with Gasteiger partial charge < -0.3 is 24.4 Å². The van der Waals surface area contributed by atoms with Gasteiger partial charge in [-0.15, -0.1) is 0 Å². The van der Waals surface area contributed by atoms with Crippen LogP contribution in [0.3, 0.4) is 0 Å². The van der Waals surface area contributed by atoms with Crippen LogP contribution < -0.4 is 14.8 Å². The molecule has 1 fully saturated rings. The van der Waals surface area contributed by atoms with Crippen LogP contribution in [0.2, 0.25) is 0 Å². The maximum Gasteiger partial charge on any atom is 0.253 e. The summed E-state index contributed by atoms with van der Waals surface area (Å²) in [6.45, 7) is 7.99. The Labute approximate surface area is 150 Å². The number of methoxy groups -OCH3 is 1. The molecule has 25 heavy (non-hydrogen) atoms. The largest absolute Gasteiger partial charge is 0.493 e. The van der Waals surface area contributed by atoms with E-state index in [4.69, 9.17) is 14.2 Å². The molecule has 6 nitrogen and oxygen atoms in total. The highest BCUT2D eigenvalue weighted by molar-refractivity contribution is 5.81. The second-order valence-electron chi connectivity index (χ2n) is 6.16. The average molecular weight is 350 g/mol. The van der Waals surface area contributed by atoms with Crippen molar-refractivity contribution in [2.45, 2.75) is 39.3 Å². The Balaban J connectivity index is 2.08. The normalized spacial score (nSPS) is 17.2. The van der Waals surface area contributed by atoms with Crippen LogP contribution >= 0.6 is 0 Å². The Morgan fingerprint density at radius 3 is 2.80 bits per heavy atom. The molecule has 1 unspecified atom stereocenters. The lowest BCUT2D eigenvalue weighted by atomic mass is 10.1. The summed E-state index contributed by atoms with van der Waals surface area (Å²) in [7, 11) is 1.63. The molecule has 1 N–H and O–H groups in total. The monoisotopic (exact) mass is 350 g/mol. The molecule has 1 aliphatic heterocycles. The van der Waals surface area contributed by atoms with Gasteiger partial charge in [0.1, 0.15) is 6.10 Å². The third-order valence-corrected chi connectivity index (χ3v) is 4.07. The molecule has 1 aromatic carbocycles. The first kappa shape index (κ1) is 19.5. The van der Waals surface area contributed by atoms with Crippen LogP contribution in [-0.4, -0.2) is 56.9 Å². The van der Waals surface area contributed by atoms with Gasteiger partial charge in [0, 0.05) is 26.2 Å². The second-order valence-corrected chi connectivity index (χ2v) is 6.16. The van der Waals surface area contributed by atoms with E-state index in [1.807, 2.05) is 23.1 Å². The van der Waals surface area contributed by atoms with Gasteiger partial charge >= 0.3 is 0 Å². The van der Waals surface area contributed by atoms with Gasteiger partial charge in [0.15, 0.2) is 11.5 Å². The van der Waals surface area contributed by atoms with Crippen molar-refractivity contribution < 1.29 is 19.0 Å². The van der Waals surface area contributed by atoms with Crippen molar-refractivity contribution in [2.24, 2.45) is 0 Å².